The van der Waals surface area contributed by atoms with Gasteiger partial charge in [0.2, 0.25) is 0 Å². The minimum atomic E-state index is 0.0826. The summed E-state index contributed by atoms with van der Waals surface area (Å²) in [6, 6.07) is 4.55. The van der Waals surface area contributed by atoms with E-state index in [0.717, 1.165) is 52.2 Å². The number of carbonyl (C=O) groups is 1. The molecule has 2 aliphatic rings. The molecule has 2 saturated heterocycles. The first-order chi connectivity index (χ1) is 10.3. The number of nitrogens with one attached hydrogen (secondary N) is 1. The maximum absolute atomic E-state index is 12.4. The van der Waals surface area contributed by atoms with Gasteiger partial charge in [-0.05, 0) is 24.3 Å². The lowest BCUT2D eigenvalue weighted by Gasteiger charge is -2.28. The number of hydrogen-bond donors (Lipinski definition) is 1. The van der Waals surface area contributed by atoms with Crippen LogP contribution in [0.5, 0.6) is 0 Å². The lowest BCUT2D eigenvalue weighted by molar-refractivity contribution is 0.0385. The topological polar surface area (TPSA) is 44.8 Å². The van der Waals surface area contributed by atoms with E-state index in [2.05, 4.69) is 27.7 Å². The highest BCUT2D eigenvalue weighted by Gasteiger charge is 2.30. The van der Waals surface area contributed by atoms with Crippen LogP contribution in [0.2, 0.25) is 0 Å². The highest BCUT2D eigenvalue weighted by Crippen LogP contribution is 2.34. The van der Waals surface area contributed by atoms with Crippen LogP contribution in [0.3, 0.4) is 0 Å². The van der Waals surface area contributed by atoms with Crippen LogP contribution in [0.25, 0.3) is 0 Å². The molecule has 2 aliphatic heterocycles. The second-order valence-electron chi connectivity index (χ2n) is 5.55. The quantitative estimate of drug-likeness (QED) is 0.924. The number of urea groups is 1. The maximum Gasteiger partial charge on any atom is 0.317 e. The number of rotatable bonds is 4. The molecule has 3 heterocycles. The summed E-state index contributed by atoms with van der Waals surface area (Å²) in [5, 5.41) is 5.16. The molecule has 0 saturated carbocycles. The van der Waals surface area contributed by atoms with Gasteiger partial charge in [-0.2, -0.15) is 0 Å². The van der Waals surface area contributed by atoms with Crippen molar-refractivity contribution in [3.8, 4) is 0 Å². The van der Waals surface area contributed by atoms with E-state index in [1.165, 1.54) is 4.88 Å². The first-order valence-electron chi connectivity index (χ1n) is 7.72. The first-order valence-corrected chi connectivity index (χ1v) is 8.60. The van der Waals surface area contributed by atoms with Crippen LogP contribution >= 0.6 is 11.3 Å². The summed E-state index contributed by atoms with van der Waals surface area (Å²) in [5.74, 6) is 0. The lowest BCUT2D eigenvalue weighted by Crippen LogP contribution is -2.44. The Labute approximate surface area is 129 Å². The Morgan fingerprint density at radius 3 is 3.00 bits per heavy atom. The second kappa shape index (κ2) is 7.24. The van der Waals surface area contributed by atoms with Crippen molar-refractivity contribution < 1.29 is 9.53 Å². The van der Waals surface area contributed by atoms with E-state index in [4.69, 9.17) is 4.74 Å². The average molecular weight is 309 g/mol. The van der Waals surface area contributed by atoms with E-state index in [1.54, 1.807) is 11.3 Å². The zero-order valence-electron chi connectivity index (χ0n) is 12.3. The Balaban J connectivity index is 1.46. The van der Waals surface area contributed by atoms with E-state index in [9.17, 15) is 4.79 Å². The van der Waals surface area contributed by atoms with Crippen LogP contribution in [0.1, 0.15) is 23.8 Å². The fraction of sp³-hybridized carbons (Fsp3) is 0.667. The summed E-state index contributed by atoms with van der Waals surface area (Å²) in [7, 11) is 0. The van der Waals surface area contributed by atoms with Crippen LogP contribution in [0.4, 0.5) is 4.79 Å². The molecule has 21 heavy (non-hydrogen) atoms. The molecule has 1 N–H and O–H groups in total. The highest BCUT2D eigenvalue weighted by atomic mass is 32.1. The molecule has 2 fully saturated rings. The van der Waals surface area contributed by atoms with Crippen molar-refractivity contribution in [2.24, 2.45) is 0 Å². The standard InChI is InChI=1S/C15H23N3O2S/c19-15(16-5-7-17-8-10-20-11-9-17)18-6-1-3-13(18)14-4-2-12-21-14/h2,4,12-13H,1,3,5-11H2,(H,16,19)/t13-/m1/s1. The molecule has 1 atom stereocenters. The molecule has 116 valence electrons. The van der Waals surface area contributed by atoms with Crippen LogP contribution in [0.15, 0.2) is 17.5 Å². The van der Waals surface area contributed by atoms with Gasteiger partial charge >= 0.3 is 6.03 Å². The number of thiophene rings is 1. The van der Waals surface area contributed by atoms with Crippen LogP contribution in [-0.4, -0.2) is 61.8 Å². The molecule has 0 aliphatic carbocycles. The van der Waals surface area contributed by atoms with Gasteiger partial charge in [-0.15, -0.1) is 11.3 Å². The predicted octanol–water partition coefficient (Wildman–Crippen LogP) is 1.93. The van der Waals surface area contributed by atoms with Crippen molar-refractivity contribution in [2.75, 3.05) is 45.9 Å². The third-order valence-electron chi connectivity index (χ3n) is 4.19. The van der Waals surface area contributed by atoms with Gasteiger partial charge in [0.25, 0.3) is 0 Å². The number of morpholine rings is 1. The summed E-state index contributed by atoms with van der Waals surface area (Å²) in [4.78, 5) is 18.0. The second-order valence-corrected chi connectivity index (χ2v) is 6.53. The highest BCUT2D eigenvalue weighted by molar-refractivity contribution is 7.10. The Morgan fingerprint density at radius 1 is 1.38 bits per heavy atom. The normalized spacial score (nSPS) is 23.4. The van der Waals surface area contributed by atoms with Gasteiger partial charge in [0, 0.05) is 37.6 Å². The summed E-state index contributed by atoms with van der Waals surface area (Å²) >= 11 is 1.74. The lowest BCUT2D eigenvalue weighted by atomic mass is 10.2. The van der Waals surface area contributed by atoms with E-state index in [1.807, 2.05) is 4.90 Å². The molecule has 0 radical (unpaired) electrons. The van der Waals surface area contributed by atoms with Crippen molar-refractivity contribution in [2.45, 2.75) is 18.9 Å². The van der Waals surface area contributed by atoms with E-state index in [-0.39, 0.29) is 12.1 Å². The van der Waals surface area contributed by atoms with E-state index in [0.29, 0.717) is 6.54 Å². The number of ether oxygens (including phenoxy) is 1. The van der Waals surface area contributed by atoms with Gasteiger partial charge in [-0.25, -0.2) is 4.79 Å². The molecule has 0 aromatic carbocycles. The molecule has 3 rings (SSSR count). The van der Waals surface area contributed by atoms with Gasteiger partial charge in [-0.1, -0.05) is 6.07 Å². The number of hydrogen-bond acceptors (Lipinski definition) is 4. The van der Waals surface area contributed by atoms with Crippen molar-refractivity contribution in [3.05, 3.63) is 22.4 Å². The van der Waals surface area contributed by atoms with Gasteiger partial charge in [0.1, 0.15) is 0 Å². The van der Waals surface area contributed by atoms with Crippen molar-refractivity contribution >= 4 is 17.4 Å². The SMILES string of the molecule is O=C(NCCN1CCOCC1)N1CCC[C@@H]1c1cccs1. The van der Waals surface area contributed by atoms with Crippen LogP contribution in [-0.2, 0) is 4.74 Å². The molecule has 1 aromatic heterocycles. The summed E-state index contributed by atoms with van der Waals surface area (Å²) in [6.45, 7) is 6.04. The van der Waals surface area contributed by atoms with E-state index >= 15 is 0 Å². The minimum Gasteiger partial charge on any atom is -0.379 e. The van der Waals surface area contributed by atoms with Crippen molar-refractivity contribution in [1.29, 1.82) is 0 Å². The van der Waals surface area contributed by atoms with Gasteiger partial charge in [0.15, 0.2) is 0 Å². The molecule has 6 heteroatoms. The Hall–Kier alpha value is -1.11. The Kier molecular flexibility index (Phi) is 5.11. The summed E-state index contributed by atoms with van der Waals surface area (Å²) < 4.78 is 5.33. The predicted molar refractivity (Wildman–Crippen MR) is 83.7 cm³/mol. The zero-order valence-corrected chi connectivity index (χ0v) is 13.1. The molecule has 2 amide bonds. The molecule has 5 nitrogen and oxygen atoms in total. The molecule has 0 bridgehead atoms. The van der Waals surface area contributed by atoms with Crippen molar-refractivity contribution in [1.82, 2.24) is 15.1 Å². The molecular formula is C15H23N3O2S. The van der Waals surface area contributed by atoms with Gasteiger partial charge in [-0.3, -0.25) is 4.90 Å². The monoisotopic (exact) mass is 309 g/mol. The number of nitrogens with zero attached hydrogens (tertiary/aromatic N) is 2. The van der Waals surface area contributed by atoms with Crippen LogP contribution < -0.4 is 5.32 Å². The molecular weight excluding hydrogens is 286 g/mol. The van der Waals surface area contributed by atoms with Gasteiger partial charge < -0.3 is 15.0 Å². The number of carbonyl (C=O) groups excluding carboxylic acids is 1. The zero-order chi connectivity index (χ0) is 14.5. The molecule has 0 spiro atoms. The van der Waals surface area contributed by atoms with Crippen LogP contribution in [0, 0.1) is 0 Å². The number of amides is 2. The smallest absolute Gasteiger partial charge is 0.317 e. The molecule has 0 unspecified atom stereocenters. The minimum absolute atomic E-state index is 0.0826. The van der Waals surface area contributed by atoms with Gasteiger partial charge in [0.05, 0.1) is 19.3 Å². The Bertz CT molecular complexity index is 446. The average Bonchev–Trinajstić information content (AvgIpc) is 3.19. The molecule has 1 aromatic rings. The summed E-state index contributed by atoms with van der Waals surface area (Å²) in [5.41, 5.74) is 0. The fourth-order valence-electron chi connectivity index (χ4n) is 3.03. The summed E-state index contributed by atoms with van der Waals surface area (Å²) in [6.07, 6.45) is 2.18. The van der Waals surface area contributed by atoms with E-state index < -0.39 is 0 Å². The fourth-order valence-corrected chi connectivity index (χ4v) is 3.91. The third-order valence-corrected chi connectivity index (χ3v) is 5.17. The Morgan fingerprint density at radius 2 is 2.24 bits per heavy atom. The van der Waals surface area contributed by atoms with Crippen molar-refractivity contribution in [3.63, 3.8) is 0 Å². The largest absolute Gasteiger partial charge is 0.379 e. The first kappa shape index (κ1) is 14.8. The maximum atomic E-state index is 12.4. The number of likely N-dealkylation sites (tertiary alicyclic amines) is 1. The third kappa shape index (κ3) is 3.75.